The first-order chi connectivity index (χ1) is 7.15. The molecule has 0 aliphatic heterocycles. The van der Waals surface area contributed by atoms with Crippen LogP contribution in [0.2, 0.25) is 0 Å². The molecule has 1 heterocycles. The van der Waals surface area contributed by atoms with E-state index in [0.717, 1.165) is 0 Å². The van der Waals surface area contributed by atoms with Gasteiger partial charge in [0.05, 0.1) is 24.5 Å². The molecule has 0 aliphatic rings. The van der Waals surface area contributed by atoms with E-state index in [1.54, 1.807) is 4.68 Å². The lowest BCUT2D eigenvalue weighted by molar-refractivity contribution is 0.0694. The second-order valence-corrected chi connectivity index (χ2v) is 3.23. The number of aliphatic hydroxyl groups is 1. The van der Waals surface area contributed by atoms with Gasteiger partial charge in [-0.1, -0.05) is 13.8 Å². The first kappa shape index (κ1) is 11.7. The molecule has 0 saturated carbocycles. The molecule has 1 aromatic heterocycles. The van der Waals surface area contributed by atoms with Crippen LogP contribution in [0.15, 0.2) is 0 Å². The van der Waals surface area contributed by atoms with Gasteiger partial charge in [0.25, 0.3) is 0 Å². The van der Waals surface area contributed by atoms with Gasteiger partial charge in [0, 0.05) is 0 Å². The molecule has 5 nitrogen and oxygen atoms in total. The molecule has 0 amide bonds. The number of rotatable bonds is 5. The Kier molecular flexibility index (Phi) is 3.85. The molecule has 0 saturated heterocycles. The maximum atomic E-state index is 11.1. The van der Waals surface area contributed by atoms with Gasteiger partial charge in [-0.05, 0) is 12.8 Å². The topological polar surface area (TPSA) is 75.3 Å². The highest BCUT2D eigenvalue weighted by Gasteiger charge is 2.20. The summed E-state index contributed by atoms with van der Waals surface area (Å²) in [6, 6.07) is 0. The molecule has 2 N–H and O–H groups in total. The van der Waals surface area contributed by atoms with Crippen molar-refractivity contribution < 1.29 is 15.0 Å². The van der Waals surface area contributed by atoms with E-state index in [4.69, 9.17) is 10.2 Å². The Balaban J connectivity index is 3.25. The maximum absolute atomic E-state index is 11.1. The molecule has 1 rings (SSSR count). The number of hydrogen-bond donors (Lipinski definition) is 2. The lowest BCUT2D eigenvalue weighted by atomic mass is 10.1. The van der Waals surface area contributed by atoms with Crippen LogP contribution in [-0.2, 0) is 19.4 Å². The van der Waals surface area contributed by atoms with Crippen LogP contribution in [0, 0.1) is 0 Å². The summed E-state index contributed by atoms with van der Waals surface area (Å²) in [5.74, 6) is -0.937. The fraction of sp³-hybridized carbons (Fsp3) is 0.600. The second kappa shape index (κ2) is 4.93. The predicted molar refractivity (Wildman–Crippen MR) is 55.0 cm³/mol. The predicted octanol–water partition coefficient (Wildman–Crippen LogP) is 0.698. The average molecular weight is 212 g/mol. The van der Waals surface area contributed by atoms with E-state index in [2.05, 4.69) is 5.10 Å². The molecule has 15 heavy (non-hydrogen) atoms. The van der Waals surface area contributed by atoms with Gasteiger partial charge >= 0.3 is 5.97 Å². The number of aromatic carboxylic acids is 1. The van der Waals surface area contributed by atoms with E-state index in [0.29, 0.717) is 36.3 Å². The van der Waals surface area contributed by atoms with Crippen molar-refractivity contribution in [2.75, 3.05) is 6.61 Å². The number of carbonyl (C=O) groups is 1. The minimum atomic E-state index is -0.937. The summed E-state index contributed by atoms with van der Waals surface area (Å²) in [6.07, 6.45) is 1.20. The van der Waals surface area contributed by atoms with Gasteiger partial charge in [0.1, 0.15) is 5.56 Å². The van der Waals surface area contributed by atoms with Crippen LogP contribution >= 0.6 is 0 Å². The van der Waals surface area contributed by atoms with Gasteiger partial charge in [-0.2, -0.15) is 5.10 Å². The van der Waals surface area contributed by atoms with Gasteiger partial charge in [-0.3, -0.25) is 4.68 Å². The minimum absolute atomic E-state index is 0.0309. The molecule has 0 bridgehead atoms. The van der Waals surface area contributed by atoms with Crippen LogP contribution in [0.1, 0.15) is 35.6 Å². The molecule has 1 aromatic rings. The zero-order valence-corrected chi connectivity index (χ0v) is 9.03. The number of carboxylic acid groups (broad SMARTS) is 1. The van der Waals surface area contributed by atoms with Crippen molar-refractivity contribution in [2.24, 2.45) is 0 Å². The Morgan fingerprint density at radius 2 is 2.07 bits per heavy atom. The Morgan fingerprint density at radius 3 is 2.47 bits per heavy atom. The third-order valence-corrected chi connectivity index (χ3v) is 2.33. The van der Waals surface area contributed by atoms with Gasteiger partial charge in [-0.15, -0.1) is 0 Å². The van der Waals surface area contributed by atoms with E-state index in [-0.39, 0.29) is 6.61 Å². The summed E-state index contributed by atoms with van der Waals surface area (Å²) in [5, 5.41) is 22.1. The highest BCUT2D eigenvalue weighted by molar-refractivity contribution is 5.90. The van der Waals surface area contributed by atoms with Crippen molar-refractivity contribution in [3.8, 4) is 0 Å². The Hall–Kier alpha value is -1.36. The molecule has 5 heteroatoms. The van der Waals surface area contributed by atoms with E-state index in [1.807, 2.05) is 13.8 Å². The Labute approximate surface area is 88.3 Å². The van der Waals surface area contributed by atoms with Crippen LogP contribution in [-0.4, -0.2) is 32.6 Å². The summed E-state index contributed by atoms with van der Waals surface area (Å²) >= 11 is 0. The van der Waals surface area contributed by atoms with Crippen molar-refractivity contribution in [3.63, 3.8) is 0 Å². The maximum Gasteiger partial charge on any atom is 0.339 e. The summed E-state index contributed by atoms with van der Waals surface area (Å²) < 4.78 is 1.59. The first-order valence-electron chi connectivity index (χ1n) is 5.08. The van der Waals surface area contributed by atoms with Crippen molar-refractivity contribution in [2.45, 2.75) is 33.2 Å². The normalized spacial score (nSPS) is 10.6. The van der Waals surface area contributed by atoms with Crippen LogP contribution in [0.25, 0.3) is 0 Å². The summed E-state index contributed by atoms with van der Waals surface area (Å²) in [4.78, 5) is 11.1. The number of aromatic nitrogens is 2. The fourth-order valence-electron chi connectivity index (χ4n) is 1.69. The quantitative estimate of drug-likeness (QED) is 0.753. The molecular formula is C10H16N2O3. The molecule has 0 aliphatic carbocycles. The van der Waals surface area contributed by atoms with Gasteiger partial charge < -0.3 is 10.2 Å². The number of carboxylic acids is 1. The second-order valence-electron chi connectivity index (χ2n) is 3.23. The van der Waals surface area contributed by atoms with Crippen molar-refractivity contribution in [3.05, 3.63) is 17.0 Å². The summed E-state index contributed by atoms with van der Waals surface area (Å²) in [5.41, 5.74) is 1.58. The van der Waals surface area contributed by atoms with E-state index in [1.165, 1.54) is 0 Å². The third-order valence-electron chi connectivity index (χ3n) is 2.33. The summed E-state index contributed by atoms with van der Waals surface area (Å²) in [7, 11) is 0. The summed E-state index contributed by atoms with van der Waals surface area (Å²) in [6.45, 7) is 4.08. The number of aryl methyl sites for hydroxylation is 1. The monoisotopic (exact) mass is 212 g/mol. The Bertz CT molecular complexity index is 358. The fourth-order valence-corrected chi connectivity index (χ4v) is 1.69. The first-order valence-corrected chi connectivity index (χ1v) is 5.08. The molecule has 0 radical (unpaired) electrons. The molecular weight excluding hydrogens is 196 g/mol. The van der Waals surface area contributed by atoms with Gasteiger partial charge in [0.2, 0.25) is 0 Å². The average Bonchev–Trinajstić information content (AvgIpc) is 2.56. The highest BCUT2D eigenvalue weighted by Crippen LogP contribution is 2.16. The molecule has 0 unspecified atom stereocenters. The van der Waals surface area contributed by atoms with Gasteiger partial charge in [-0.25, -0.2) is 4.79 Å². The van der Waals surface area contributed by atoms with Crippen LogP contribution in [0.3, 0.4) is 0 Å². The lowest BCUT2D eigenvalue weighted by Crippen LogP contribution is -2.09. The van der Waals surface area contributed by atoms with Crippen molar-refractivity contribution in [1.82, 2.24) is 9.78 Å². The number of nitrogens with zero attached hydrogens (tertiary/aromatic N) is 2. The minimum Gasteiger partial charge on any atom is -0.478 e. The zero-order valence-electron chi connectivity index (χ0n) is 9.03. The zero-order chi connectivity index (χ0) is 11.4. The largest absolute Gasteiger partial charge is 0.478 e. The molecule has 0 atom stereocenters. The van der Waals surface area contributed by atoms with Gasteiger partial charge in [0.15, 0.2) is 0 Å². The van der Waals surface area contributed by atoms with E-state index < -0.39 is 5.97 Å². The lowest BCUT2D eigenvalue weighted by Gasteiger charge is -2.03. The number of hydrogen-bond acceptors (Lipinski definition) is 3. The van der Waals surface area contributed by atoms with Crippen molar-refractivity contribution in [1.29, 1.82) is 0 Å². The third kappa shape index (κ3) is 2.18. The molecule has 0 aromatic carbocycles. The standard InChI is InChI=1S/C10H16N2O3/c1-3-7-9(10(14)15)8(4-2)12(11-7)5-6-13/h13H,3-6H2,1-2H3,(H,14,15). The van der Waals surface area contributed by atoms with E-state index >= 15 is 0 Å². The SMILES string of the molecule is CCc1nn(CCO)c(CC)c1C(=O)O. The Morgan fingerprint density at radius 1 is 1.40 bits per heavy atom. The number of aliphatic hydroxyl groups excluding tert-OH is 1. The van der Waals surface area contributed by atoms with Crippen LogP contribution in [0.5, 0.6) is 0 Å². The molecule has 84 valence electrons. The smallest absolute Gasteiger partial charge is 0.339 e. The van der Waals surface area contributed by atoms with Crippen LogP contribution in [0.4, 0.5) is 0 Å². The van der Waals surface area contributed by atoms with E-state index in [9.17, 15) is 4.79 Å². The van der Waals surface area contributed by atoms with Crippen LogP contribution < -0.4 is 0 Å². The molecule has 0 fully saturated rings. The molecule has 0 spiro atoms. The van der Waals surface area contributed by atoms with Crippen molar-refractivity contribution >= 4 is 5.97 Å². The highest BCUT2D eigenvalue weighted by atomic mass is 16.4.